The molecule has 96 valence electrons. The van der Waals surface area contributed by atoms with E-state index in [-0.39, 0.29) is 17.5 Å². The van der Waals surface area contributed by atoms with Gasteiger partial charge in [0.15, 0.2) is 11.1 Å². The first-order chi connectivity index (χ1) is 8.52. The summed E-state index contributed by atoms with van der Waals surface area (Å²) in [5.41, 5.74) is 0. The molecule has 2 rings (SSSR count). The molecule has 0 spiro atoms. The van der Waals surface area contributed by atoms with Gasteiger partial charge in [0.25, 0.3) is 0 Å². The first kappa shape index (κ1) is 12.3. The number of rotatable bonds is 4. The van der Waals surface area contributed by atoms with Crippen molar-refractivity contribution in [3.05, 3.63) is 34.4 Å². The van der Waals surface area contributed by atoms with Crippen molar-refractivity contribution in [2.75, 3.05) is 0 Å². The molecule has 11 heteroatoms. The number of nitro groups is 1. The molecular weight excluding hydrogens is 266 g/mol. The smallest absolute Gasteiger partial charge is 0.342 e. The van der Waals surface area contributed by atoms with E-state index in [1.807, 2.05) is 0 Å². The fraction of sp³-hybridized carbons (Fsp3) is 0.286. The Labute approximate surface area is 102 Å². The fourth-order valence-corrected chi connectivity index (χ4v) is 2.08. The average molecular weight is 273 g/mol. The van der Waals surface area contributed by atoms with Crippen molar-refractivity contribution in [3.8, 4) is 0 Å². The molecule has 0 saturated heterocycles. The maximum absolute atomic E-state index is 11.3. The van der Waals surface area contributed by atoms with Crippen LogP contribution in [-0.2, 0) is 18.1 Å². The van der Waals surface area contributed by atoms with Gasteiger partial charge in [0.05, 0.1) is 7.05 Å². The Morgan fingerprint density at radius 3 is 2.83 bits per heavy atom. The Hall–Kier alpha value is -2.14. The number of imidazole rings is 1. The lowest BCUT2D eigenvalue weighted by atomic mass is 10.4. The largest absolute Gasteiger partial charge is 0.426 e. The normalized spacial score (nSPS) is 14.3. The van der Waals surface area contributed by atoms with Crippen LogP contribution in [0.15, 0.2) is 17.0 Å². The van der Waals surface area contributed by atoms with Gasteiger partial charge in [-0.3, -0.25) is 0 Å². The zero-order valence-corrected chi connectivity index (χ0v) is 9.77. The van der Waals surface area contributed by atoms with E-state index in [2.05, 4.69) is 15.2 Å². The summed E-state index contributed by atoms with van der Waals surface area (Å²) in [6, 6.07) is 0. The minimum atomic E-state index is -2.40. The van der Waals surface area contributed by atoms with E-state index in [0.717, 1.165) is 17.2 Å². The number of nitrogens with zero attached hydrogens (tertiary/aromatic N) is 5. The predicted octanol–water partition coefficient (Wildman–Crippen LogP) is 0.0224. The SMILES string of the molecule is Cn1c([N+](=O)[O-])cnc1C(c1nnco1)S(=O)O. The highest BCUT2D eigenvalue weighted by atomic mass is 32.2. The molecule has 0 aromatic carbocycles. The lowest BCUT2D eigenvalue weighted by molar-refractivity contribution is -0.391. The van der Waals surface area contributed by atoms with Crippen molar-refractivity contribution < 1.29 is 18.1 Å². The van der Waals surface area contributed by atoms with Gasteiger partial charge in [-0.1, -0.05) is 0 Å². The van der Waals surface area contributed by atoms with Gasteiger partial charge in [0, 0.05) is 0 Å². The second-order valence-corrected chi connectivity index (χ2v) is 4.25. The van der Waals surface area contributed by atoms with Gasteiger partial charge in [-0.25, -0.2) is 13.8 Å². The maximum Gasteiger partial charge on any atom is 0.342 e. The summed E-state index contributed by atoms with van der Waals surface area (Å²) < 4.78 is 26.4. The summed E-state index contributed by atoms with van der Waals surface area (Å²) in [5.74, 6) is -0.453. The van der Waals surface area contributed by atoms with Crippen LogP contribution in [0.4, 0.5) is 5.82 Å². The molecule has 2 unspecified atom stereocenters. The van der Waals surface area contributed by atoms with Crippen molar-refractivity contribution in [1.29, 1.82) is 0 Å². The van der Waals surface area contributed by atoms with Crippen LogP contribution in [0.3, 0.4) is 0 Å². The summed E-state index contributed by atoms with van der Waals surface area (Å²) in [5, 5.41) is 16.3. The lowest BCUT2D eigenvalue weighted by Gasteiger charge is -2.05. The zero-order valence-electron chi connectivity index (χ0n) is 8.96. The van der Waals surface area contributed by atoms with Gasteiger partial charge in [-0.15, -0.1) is 10.2 Å². The second kappa shape index (κ2) is 4.62. The van der Waals surface area contributed by atoms with Crippen molar-refractivity contribution >= 4 is 16.9 Å². The Morgan fingerprint density at radius 1 is 1.67 bits per heavy atom. The molecule has 2 aromatic heterocycles. The predicted molar refractivity (Wildman–Crippen MR) is 56.8 cm³/mol. The van der Waals surface area contributed by atoms with E-state index in [4.69, 9.17) is 4.42 Å². The maximum atomic E-state index is 11.3. The highest BCUT2D eigenvalue weighted by Gasteiger charge is 2.34. The Bertz CT molecular complexity index is 593. The summed E-state index contributed by atoms with van der Waals surface area (Å²) in [6.45, 7) is 0. The van der Waals surface area contributed by atoms with Crippen molar-refractivity contribution in [1.82, 2.24) is 19.7 Å². The quantitative estimate of drug-likeness (QED) is 0.467. The summed E-state index contributed by atoms with van der Waals surface area (Å²) in [7, 11) is 1.36. The van der Waals surface area contributed by atoms with Gasteiger partial charge in [-0.05, 0) is 4.92 Å². The molecular formula is C7H7N5O5S. The highest BCUT2D eigenvalue weighted by molar-refractivity contribution is 7.79. The minimum absolute atomic E-state index is 0.00761. The summed E-state index contributed by atoms with van der Waals surface area (Å²) in [6.07, 6.45) is 1.98. The first-order valence-corrected chi connectivity index (χ1v) is 5.71. The molecule has 0 fully saturated rings. The van der Waals surface area contributed by atoms with Crippen LogP contribution < -0.4 is 0 Å². The van der Waals surface area contributed by atoms with Crippen LogP contribution in [-0.4, -0.2) is 33.4 Å². The molecule has 0 radical (unpaired) electrons. The van der Waals surface area contributed by atoms with Crippen LogP contribution in [0.2, 0.25) is 0 Å². The molecule has 0 aliphatic carbocycles. The number of aromatic nitrogens is 4. The van der Waals surface area contributed by atoms with Crippen LogP contribution in [0.1, 0.15) is 17.0 Å². The van der Waals surface area contributed by atoms with Crippen LogP contribution in [0.5, 0.6) is 0 Å². The lowest BCUT2D eigenvalue weighted by Crippen LogP contribution is -2.14. The standard InChI is InChI=1S/C7H7N5O5S/c1-11-4(12(13)14)2-8-6(11)5(18(15)16)7-10-9-3-17-7/h2-3,5H,1H3,(H,15,16). The Morgan fingerprint density at radius 2 is 2.39 bits per heavy atom. The van der Waals surface area contributed by atoms with Gasteiger partial charge in [0.1, 0.15) is 6.20 Å². The number of hydrogen-bond donors (Lipinski definition) is 1. The molecule has 0 amide bonds. The Balaban J connectivity index is 2.51. The van der Waals surface area contributed by atoms with E-state index in [0.29, 0.717) is 0 Å². The zero-order chi connectivity index (χ0) is 13.3. The average Bonchev–Trinajstić information content (AvgIpc) is 2.90. The van der Waals surface area contributed by atoms with Crippen molar-refractivity contribution in [2.45, 2.75) is 5.25 Å². The first-order valence-electron chi connectivity index (χ1n) is 4.54. The minimum Gasteiger partial charge on any atom is -0.426 e. The van der Waals surface area contributed by atoms with Gasteiger partial charge in [-0.2, -0.15) is 0 Å². The van der Waals surface area contributed by atoms with Gasteiger partial charge in [0.2, 0.25) is 23.4 Å². The molecule has 2 aromatic rings. The molecule has 0 aliphatic rings. The third-order valence-electron chi connectivity index (χ3n) is 2.22. The van der Waals surface area contributed by atoms with E-state index in [1.54, 1.807) is 0 Å². The van der Waals surface area contributed by atoms with Crippen molar-refractivity contribution in [3.63, 3.8) is 0 Å². The molecule has 2 atom stereocenters. The fourth-order valence-electron chi connectivity index (χ4n) is 1.41. The number of hydrogen-bond acceptors (Lipinski definition) is 7. The molecule has 18 heavy (non-hydrogen) atoms. The Kier molecular flexibility index (Phi) is 3.16. The second-order valence-electron chi connectivity index (χ2n) is 3.22. The van der Waals surface area contributed by atoms with Crippen LogP contribution in [0.25, 0.3) is 0 Å². The molecule has 1 N–H and O–H groups in total. The van der Waals surface area contributed by atoms with E-state index in [9.17, 15) is 18.9 Å². The van der Waals surface area contributed by atoms with Crippen molar-refractivity contribution in [2.24, 2.45) is 7.05 Å². The third kappa shape index (κ3) is 2.00. The molecule has 0 saturated carbocycles. The van der Waals surface area contributed by atoms with Crippen LogP contribution >= 0.6 is 0 Å². The van der Waals surface area contributed by atoms with Crippen LogP contribution in [0, 0.1) is 10.1 Å². The molecule has 10 nitrogen and oxygen atoms in total. The van der Waals surface area contributed by atoms with Gasteiger partial charge < -0.3 is 19.1 Å². The molecule has 0 aliphatic heterocycles. The topological polar surface area (TPSA) is 137 Å². The third-order valence-corrected chi connectivity index (χ3v) is 3.04. The molecule has 0 bridgehead atoms. The summed E-state index contributed by atoms with van der Waals surface area (Å²) in [4.78, 5) is 13.8. The van der Waals surface area contributed by atoms with E-state index >= 15 is 0 Å². The highest BCUT2D eigenvalue weighted by Crippen LogP contribution is 2.26. The van der Waals surface area contributed by atoms with E-state index in [1.165, 1.54) is 7.05 Å². The summed E-state index contributed by atoms with van der Waals surface area (Å²) >= 11 is -2.40. The van der Waals surface area contributed by atoms with E-state index < -0.39 is 21.3 Å². The van der Waals surface area contributed by atoms with Gasteiger partial charge >= 0.3 is 5.82 Å². The monoisotopic (exact) mass is 273 g/mol. The molecule has 2 heterocycles.